The van der Waals surface area contributed by atoms with Crippen molar-refractivity contribution in [2.45, 2.75) is 89.0 Å². The van der Waals surface area contributed by atoms with Gasteiger partial charge in [-0.1, -0.05) is 64.7 Å². The Morgan fingerprint density at radius 2 is 1.09 bits per heavy atom. The summed E-state index contributed by atoms with van der Waals surface area (Å²) < 4.78 is 0. The van der Waals surface area contributed by atoms with Gasteiger partial charge in [-0.3, -0.25) is 0 Å². The van der Waals surface area contributed by atoms with Crippen LogP contribution in [0.3, 0.4) is 0 Å². The summed E-state index contributed by atoms with van der Waals surface area (Å²) in [5.41, 5.74) is 16.9. The minimum Gasteiger partial charge on any atom is -0.330 e. The molecule has 0 aliphatic heterocycles. The summed E-state index contributed by atoms with van der Waals surface area (Å²) in [7, 11) is 1.32. The first-order chi connectivity index (χ1) is 10.6. The second-order valence-corrected chi connectivity index (χ2v) is 9.38. The first-order valence-electron chi connectivity index (χ1n) is 9.71. The highest BCUT2D eigenvalue weighted by molar-refractivity contribution is 6.15. The predicted octanol–water partition coefficient (Wildman–Crippen LogP) is 2.70. The number of hydrogen-bond acceptors (Lipinski definition) is 3. The fourth-order valence-electron chi connectivity index (χ4n) is 3.44. The minimum absolute atomic E-state index is 0.631. The molecule has 0 rings (SSSR count). The number of nitrogens with two attached hydrogens (primary N) is 3. The predicted molar refractivity (Wildman–Crippen MR) is 104 cm³/mol. The van der Waals surface area contributed by atoms with E-state index < -0.39 is 0 Å². The Morgan fingerprint density at radius 3 is 1.50 bits per heavy atom. The summed E-state index contributed by atoms with van der Waals surface area (Å²) in [4.78, 5) is 0. The zero-order chi connectivity index (χ0) is 16.7. The van der Waals surface area contributed by atoms with Gasteiger partial charge in [-0.15, -0.1) is 0 Å². The average Bonchev–Trinajstić information content (AvgIpc) is 2.52. The molecule has 0 aromatic rings. The Bertz CT molecular complexity index is 224. The van der Waals surface area contributed by atoms with Crippen molar-refractivity contribution in [2.24, 2.45) is 23.1 Å². The van der Waals surface area contributed by atoms with Crippen LogP contribution in [0.15, 0.2) is 0 Å². The zero-order valence-electron chi connectivity index (χ0n) is 15.4. The molecule has 3 nitrogen and oxygen atoms in total. The van der Waals surface area contributed by atoms with Gasteiger partial charge in [0.2, 0.25) is 0 Å². The summed E-state index contributed by atoms with van der Waals surface area (Å²) in [6.07, 6.45) is 15.8. The molecule has 0 aromatic heterocycles. The largest absolute Gasteiger partial charge is 0.330 e. The Morgan fingerprint density at radius 1 is 0.682 bits per heavy atom. The van der Waals surface area contributed by atoms with Gasteiger partial charge in [0.1, 0.15) is 0 Å². The molecular weight excluding hydrogens is 286 g/mol. The van der Waals surface area contributed by atoms with Crippen molar-refractivity contribution in [3.8, 4) is 0 Å². The molecular formula is C18H43N3Si. The topological polar surface area (TPSA) is 78.1 Å². The summed E-state index contributed by atoms with van der Waals surface area (Å²) in [5.74, 6) is 0.868. The molecule has 134 valence electrons. The number of unbranched alkanes of at least 4 members (excludes halogenated alkanes) is 6. The van der Waals surface area contributed by atoms with Crippen LogP contribution in [0.1, 0.15) is 84.0 Å². The van der Waals surface area contributed by atoms with Gasteiger partial charge in [-0.2, -0.15) is 0 Å². The van der Waals surface area contributed by atoms with Crippen LogP contribution >= 0.6 is 0 Å². The van der Waals surface area contributed by atoms with Crippen molar-refractivity contribution in [1.82, 2.24) is 0 Å². The normalized spacial score (nSPS) is 13.6. The van der Waals surface area contributed by atoms with Crippen LogP contribution < -0.4 is 17.2 Å². The Balaban J connectivity index is 4.26. The summed E-state index contributed by atoms with van der Waals surface area (Å²) in [6, 6.07) is 0. The van der Waals surface area contributed by atoms with E-state index in [1.807, 2.05) is 0 Å². The Hall–Kier alpha value is 0.0969. The minimum atomic E-state index is 0.631. The molecule has 4 heteroatoms. The lowest BCUT2D eigenvalue weighted by Gasteiger charge is -2.37. The lowest BCUT2D eigenvalue weighted by molar-refractivity contribution is 0.296. The third-order valence-corrected chi connectivity index (χ3v) is 7.42. The van der Waals surface area contributed by atoms with Crippen LogP contribution in [0.25, 0.3) is 0 Å². The molecule has 0 aliphatic rings. The summed E-state index contributed by atoms with van der Waals surface area (Å²) >= 11 is 0. The van der Waals surface area contributed by atoms with Crippen molar-refractivity contribution >= 4 is 10.2 Å². The lowest BCUT2D eigenvalue weighted by atomic mass is 9.80. The second kappa shape index (κ2) is 14.7. The fraction of sp³-hybridized carbons (Fsp3) is 1.00. The van der Waals surface area contributed by atoms with E-state index in [-0.39, 0.29) is 0 Å². The summed E-state index contributed by atoms with van der Waals surface area (Å²) in [6.45, 7) is 5.04. The monoisotopic (exact) mass is 329 g/mol. The van der Waals surface area contributed by atoms with Crippen LogP contribution in [-0.2, 0) is 0 Å². The fourth-order valence-corrected chi connectivity index (χ4v) is 4.43. The summed E-state index contributed by atoms with van der Waals surface area (Å²) in [5, 5.41) is 0.631. The van der Waals surface area contributed by atoms with E-state index in [0.717, 1.165) is 25.6 Å². The Kier molecular flexibility index (Phi) is 14.7. The molecule has 22 heavy (non-hydrogen) atoms. The Labute approximate surface area is 142 Å². The SMILES string of the molecule is CC(CCCCCN)C([SiH3])(CCCCCN)CCCCCN. The van der Waals surface area contributed by atoms with Gasteiger partial charge in [-0.05, 0) is 49.9 Å². The maximum Gasteiger partial charge on any atom is 0.0110 e. The molecule has 0 radical (unpaired) electrons. The van der Waals surface area contributed by atoms with Crippen molar-refractivity contribution in [1.29, 1.82) is 0 Å². The van der Waals surface area contributed by atoms with E-state index in [4.69, 9.17) is 17.2 Å². The molecule has 0 bridgehead atoms. The first-order valence-corrected chi connectivity index (χ1v) is 10.7. The van der Waals surface area contributed by atoms with E-state index in [1.54, 1.807) is 0 Å². The van der Waals surface area contributed by atoms with Crippen LogP contribution in [0.5, 0.6) is 0 Å². The van der Waals surface area contributed by atoms with E-state index in [1.165, 1.54) is 87.3 Å². The third-order valence-electron chi connectivity index (χ3n) is 5.44. The van der Waals surface area contributed by atoms with Gasteiger partial charge in [0.25, 0.3) is 0 Å². The molecule has 0 saturated carbocycles. The molecule has 6 N–H and O–H groups in total. The standard InChI is InChI=1S/C18H43N3Si/c1-17(11-5-2-8-14-19)18(22,12-6-3-9-15-20)13-7-4-10-16-21/h17H,2-16,19-21H2,1,22H3. The van der Waals surface area contributed by atoms with Gasteiger partial charge < -0.3 is 17.2 Å². The molecule has 1 atom stereocenters. The highest BCUT2D eigenvalue weighted by Crippen LogP contribution is 2.45. The molecule has 0 aromatic carbocycles. The molecule has 0 amide bonds. The van der Waals surface area contributed by atoms with Crippen molar-refractivity contribution in [3.05, 3.63) is 0 Å². The molecule has 1 unspecified atom stereocenters. The maximum atomic E-state index is 5.63. The van der Waals surface area contributed by atoms with Crippen LogP contribution in [-0.4, -0.2) is 29.9 Å². The van der Waals surface area contributed by atoms with Gasteiger partial charge in [-0.25, -0.2) is 0 Å². The highest BCUT2D eigenvalue weighted by Gasteiger charge is 2.29. The molecule has 0 fully saturated rings. The molecule has 0 heterocycles. The van der Waals surface area contributed by atoms with Crippen molar-refractivity contribution in [2.75, 3.05) is 19.6 Å². The number of hydrogen-bond donors (Lipinski definition) is 3. The highest BCUT2D eigenvalue weighted by atomic mass is 28.1. The van der Waals surface area contributed by atoms with E-state index in [0.29, 0.717) is 5.04 Å². The van der Waals surface area contributed by atoms with Gasteiger partial charge in [0.15, 0.2) is 0 Å². The molecule has 0 spiro atoms. The van der Waals surface area contributed by atoms with Crippen LogP contribution in [0.2, 0.25) is 5.04 Å². The maximum absolute atomic E-state index is 5.63. The van der Waals surface area contributed by atoms with Crippen molar-refractivity contribution < 1.29 is 0 Å². The van der Waals surface area contributed by atoms with Crippen LogP contribution in [0.4, 0.5) is 0 Å². The second-order valence-electron chi connectivity index (χ2n) is 7.39. The van der Waals surface area contributed by atoms with Crippen LogP contribution in [0, 0.1) is 5.92 Å². The smallest absolute Gasteiger partial charge is 0.0110 e. The average molecular weight is 330 g/mol. The molecule has 0 saturated heterocycles. The van der Waals surface area contributed by atoms with E-state index >= 15 is 0 Å². The van der Waals surface area contributed by atoms with Gasteiger partial charge in [0.05, 0.1) is 0 Å². The van der Waals surface area contributed by atoms with Gasteiger partial charge >= 0.3 is 0 Å². The third kappa shape index (κ3) is 10.8. The van der Waals surface area contributed by atoms with Crippen molar-refractivity contribution in [3.63, 3.8) is 0 Å². The zero-order valence-corrected chi connectivity index (χ0v) is 17.4. The lowest BCUT2D eigenvalue weighted by Crippen LogP contribution is -2.23. The van der Waals surface area contributed by atoms with Gasteiger partial charge in [0, 0.05) is 10.2 Å². The van der Waals surface area contributed by atoms with E-state index in [2.05, 4.69) is 6.92 Å². The number of rotatable bonds is 16. The van der Waals surface area contributed by atoms with E-state index in [9.17, 15) is 0 Å². The quantitative estimate of drug-likeness (QED) is 0.301. The first kappa shape index (κ1) is 22.1. The molecule has 0 aliphatic carbocycles.